The van der Waals surface area contributed by atoms with Crippen molar-refractivity contribution in [1.82, 2.24) is 9.80 Å². The maximum absolute atomic E-state index is 12.0. The molecule has 0 bridgehead atoms. The molecule has 25 heteroatoms. The smallest absolute Gasteiger partial charge is 0.328 e. The van der Waals surface area contributed by atoms with Crippen LogP contribution in [0.15, 0.2) is 143 Å². The molecule has 0 saturated carbocycles. The Bertz CT molecular complexity index is 2510. The lowest BCUT2D eigenvalue weighted by molar-refractivity contribution is -0.151. The molecule has 23 nitrogen and oxygen atoms in total. The van der Waals surface area contributed by atoms with E-state index in [9.17, 15) is 45.6 Å². The SMILES string of the molecule is CCC(=O)OC(CN1CCN(c2ccccc2)CC1)c1ccc(S(C)(=O)=O)cc1.CCC(=O)OC(CN1CCN(c2ccccc2)CC1)c1ccc(S(C)(=O)=O)cc1.O.O.O.O=C(O)C=CC(=O)O.O=C(O)C=CC(=O)O. The summed E-state index contributed by atoms with van der Waals surface area (Å²) in [6, 6.07) is 33.9. The van der Waals surface area contributed by atoms with Gasteiger partial charge in [-0.1, -0.05) is 74.5 Å². The summed E-state index contributed by atoms with van der Waals surface area (Å²) in [7, 11) is -6.51. The minimum absolute atomic E-state index is 0. The van der Waals surface area contributed by atoms with E-state index in [0.29, 0.717) is 50.2 Å². The van der Waals surface area contributed by atoms with Crippen molar-refractivity contribution in [2.75, 3.05) is 87.8 Å². The van der Waals surface area contributed by atoms with E-state index in [4.69, 9.17) is 29.9 Å². The summed E-state index contributed by atoms with van der Waals surface area (Å²) in [4.78, 5) is 71.9. The molecule has 2 unspecified atom stereocenters. The molecule has 10 N–H and O–H groups in total. The molecule has 4 aromatic carbocycles. The van der Waals surface area contributed by atoms with Gasteiger partial charge in [0, 0.05) is 126 Å². The van der Waals surface area contributed by atoms with Gasteiger partial charge in [0.25, 0.3) is 0 Å². The van der Waals surface area contributed by atoms with Gasteiger partial charge in [-0.15, -0.1) is 0 Å². The second-order valence-electron chi connectivity index (χ2n) is 16.6. The van der Waals surface area contributed by atoms with E-state index in [1.165, 1.54) is 23.9 Å². The average molecular weight is 1120 g/mol. The van der Waals surface area contributed by atoms with Gasteiger partial charge in [0.05, 0.1) is 9.79 Å². The van der Waals surface area contributed by atoms with Crippen molar-refractivity contribution in [3.63, 3.8) is 0 Å². The van der Waals surface area contributed by atoms with Crippen LogP contribution in [0.5, 0.6) is 0 Å². The molecule has 0 amide bonds. The number of ether oxygens (including phenoxy) is 2. The van der Waals surface area contributed by atoms with Crippen LogP contribution < -0.4 is 9.80 Å². The fourth-order valence-electron chi connectivity index (χ4n) is 7.17. The normalized spacial score (nSPS) is 14.3. The van der Waals surface area contributed by atoms with E-state index in [2.05, 4.69) is 43.9 Å². The number of carboxylic acids is 4. The summed E-state index contributed by atoms with van der Waals surface area (Å²) in [5, 5.41) is 31.2. The highest BCUT2D eigenvalue weighted by Crippen LogP contribution is 2.26. The van der Waals surface area contributed by atoms with Gasteiger partial charge in [-0.2, -0.15) is 0 Å². The van der Waals surface area contributed by atoms with Crippen LogP contribution in [0, 0.1) is 0 Å². The van der Waals surface area contributed by atoms with Gasteiger partial charge in [-0.05, 0) is 59.7 Å². The van der Waals surface area contributed by atoms with Crippen molar-refractivity contribution in [3.8, 4) is 0 Å². The molecule has 2 saturated heterocycles. The summed E-state index contributed by atoms with van der Waals surface area (Å²) in [6.07, 6.45) is 4.37. The lowest BCUT2D eigenvalue weighted by Gasteiger charge is -2.37. The van der Waals surface area contributed by atoms with Crippen LogP contribution in [0.3, 0.4) is 0 Å². The number of para-hydroxylation sites is 2. The number of rotatable bonds is 18. The van der Waals surface area contributed by atoms with Gasteiger partial charge in [-0.3, -0.25) is 19.4 Å². The first-order valence-corrected chi connectivity index (χ1v) is 27.1. The van der Waals surface area contributed by atoms with Crippen LogP contribution >= 0.6 is 0 Å². The number of aliphatic carboxylic acids is 4. The third-order valence-electron chi connectivity index (χ3n) is 11.1. The number of anilines is 2. The zero-order chi connectivity index (χ0) is 54.8. The standard InChI is InChI=1S/2C22H28N2O4S.2C4H4O4.3H2O/c2*1-3-22(25)28-21(18-9-11-20(12-10-18)29(2,26)27)17-23-13-15-24(16-14-23)19-7-5-4-6-8-19;2*5-3(6)1-2-4(7)8;;;/h2*4-12,21H,3,13-17H2,1-2H3;2*1-2H,(H,5,6)(H,7,8);3*1H2. The average Bonchev–Trinajstić information content (AvgIpc) is 3.38. The first-order valence-electron chi connectivity index (χ1n) is 23.3. The number of esters is 2. The van der Waals surface area contributed by atoms with Crippen LogP contribution in [0.25, 0.3) is 0 Å². The Morgan fingerprint density at radius 1 is 0.455 bits per heavy atom. The number of sulfone groups is 2. The van der Waals surface area contributed by atoms with Crippen LogP contribution in [-0.2, 0) is 57.9 Å². The maximum atomic E-state index is 12.0. The fourth-order valence-corrected chi connectivity index (χ4v) is 8.43. The largest absolute Gasteiger partial charge is 0.478 e. The van der Waals surface area contributed by atoms with E-state index >= 15 is 0 Å². The summed E-state index contributed by atoms with van der Waals surface area (Å²) in [5.41, 5.74) is 4.06. The Hall–Kier alpha value is -7.52. The summed E-state index contributed by atoms with van der Waals surface area (Å²) in [6.45, 7) is 11.8. The second-order valence-corrected chi connectivity index (χ2v) is 20.6. The number of nitrogens with zero attached hydrogens (tertiary/aromatic N) is 4. The van der Waals surface area contributed by atoms with E-state index in [-0.39, 0.29) is 38.2 Å². The molecule has 0 aliphatic carbocycles. The predicted octanol–water partition coefficient (Wildman–Crippen LogP) is 2.76. The number of piperazine rings is 2. The zero-order valence-corrected chi connectivity index (χ0v) is 44.8. The molecular weight excluding hydrogens is 1050 g/mol. The molecule has 424 valence electrons. The molecular formula is C52H70N4O19S2. The van der Waals surface area contributed by atoms with Crippen molar-refractivity contribution in [3.05, 3.63) is 145 Å². The number of hydrogen-bond donors (Lipinski definition) is 4. The third-order valence-corrected chi connectivity index (χ3v) is 13.3. The predicted molar refractivity (Wildman–Crippen MR) is 287 cm³/mol. The molecule has 77 heavy (non-hydrogen) atoms. The first kappa shape index (κ1) is 69.5. The van der Waals surface area contributed by atoms with Crippen molar-refractivity contribution in [2.24, 2.45) is 0 Å². The van der Waals surface area contributed by atoms with Gasteiger partial charge in [0.1, 0.15) is 12.2 Å². The van der Waals surface area contributed by atoms with Crippen molar-refractivity contribution in [1.29, 1.82) is 0 Å². The Morgan fingerprint density at radius 3 is 0.935 bits per heavy atom. The number of carboxylic acid groups (broad SMARTS) is 4. The van der Waals surface area contributed by atoms with E-state index < -0.39 is 55.8 Å². The molecule has 4 aromatic rings. The monoisotopic (exact) mass is 1120 g/mol. The minimum atomic E-state index is -3.26. The lowest BCUT2D eigenvalue weighted by atomic mass is 10.1. The molecule has 2 atom stereocenters. The third kappa shape index (κ3) is 26.7. The molecule has 2 aliphatic heterocycles. The van der Waals surface area contributed by atoms with Crippen molar-refractivity contribution >= 4 is 66.9 Å². The van der Waals surface area contributed by atoms with Gasteiger partial charge in [0.2, 0.25) is 0 Å². The highest BCUT2D eigenvalue weighted by molar-refractivity contribution is 7.91. The second kappa shape index (κ2) is 34.9. The number of hydrogen-bond acceptors (Lipinski definition) is 16. The van der Waals surface area contributed by atoms with Crippen LogP contribution in [0.1, 0.15) is 50.0 Å². The molecule has 2 aliphatic rings. The van der Waals surface area contributed by atoms with Crippen LogP contribution in [0.2, 0.25) is 0 Å². The lowest BCUT2D eigenvalue weighted by Crippen LogP contribution is -2.47. The topological polar surface area (TPSA) is 378 Å². The minimum Gasteiger partial charge on any atom is -0.478 e. The first-order chi connectivity index (χ1) is 35.0. The van der Waals surface area contributed by atoms with Gasteiger partial charge in [0.15, 0.2) is 19.7 Å². The van der Waals surface area contributed by atoms with Gasteiger partial charge in [-0.25, -0.2) is 36.0 Å². The number of carbonyl (C=O) groups excluding carboxylic acids is 2. The quantitative estimate of drug-likeness (QED) is 0.0822. The van der Waals surface area contributed by atoms with Crippen LogP contribution in [0.4, 0.5) is 11.4 Å². The highest BCUT2D eigenvalue weighted by Gasteiger charge is 2.26. The van der Waals surface area contributed by atoms with Gasteiger partial charge < -0.3 is 56.1 Å². The van der Waals surface area contributed by atoms with Gasteiger partial charge >= 0.3 is 35.8 Å². The van der Waals surface area contributed by atoms with Crippen molar-refractivity contribution in [2.45, 2.75) is 48.7 Å². The number of carbonyl (C=O) groups is 6. The Morgan fingerprint density at radius 2 is 0.714 bits per heavy atom. The van der Waals surface area contributed by atoms with E-state index in [1.807, 2.05) is 36.4 Å². The Labute approximate surface area is 448 Å². The molecule has 6 rings (SSSR count). The van der Waals surface area contributed by atoms with Crippen molar-refractivity contribution < 1.29 is 91.9 Å². The molecule has 2 fully saturated rings. The number of benzene rings is 4. The summed E-state index contributed by atoms with van der Waals surface area (Å²) >= 11 is 0. The van der Waals surface area contributed by atoms with E-state index in [1.54, 1.807) is 62.4 Å². The zero-order valence-electron chi connectivity index (χ0n) is 43.1. The molecule has 0 aromatic heterocycles. The Kier molecular flexibility index (Phi) is 31.5. The molecule has 0 spiro atoms. The molecule has 0 radical (unpaired) electrons. The van der Waals surface area contributed by atoms with E-state index in [0.717, 1.165) is 63.5 Å². The highest BCUT2D eigenvalue weighted by atomic mass is 32.2. The Balaban J connectivity index is 0.00000114. The van der Waals surface area contributed by atoms with Crippen LogP contribution in [-0.4, -0.2) is 177 Å². The summed E-state index contributed by atoms with van der Waals surface area (Å²) < 4.78 is 58.2. The fraction of sp³-hybridized carbons (Fsp3) is 0.346. The maximum Gasteiger partial charge on any atom is 0.328 e. The summed E-state index contributed by atoms with van der Waals surface area (Å²) in [5.74, 6) is -5.55. The molecule has 2 heterocycles.